The van der Waals surface area contributed by atoms with E-state index in [0.29, 0.717) is 18.3 Å². The summed E-state index contributed by atoms with van der Waals surface area (Å²) in [6, 6.07) is 0. The summed E-state index contributed by atoms with van der Waals surface area (Å²) in [7, 11) is 0. The highest BCUT2D eigenvalue weighted by atomic mass is 16.5. The average molecular weight is 280 g/mol. The molecule has 0 spiro atoms. The quantitative estimate of drug-likeness (QED) is 0.888. The van der Waals surface area contributed by atoms with E-state index in [0.717, 1.165) is 18.7 Å². The number of carbonyl (C=O) groups is 1. The Hall–Kier alpha value is -1.59. The fraction of sp³-hybridized carbons (Fsp3) is 0.786. The van der Waals surface area contributed by atoms with Crippen molar-refractivity contribution in [2.24, 2.45) is 5.92 Å². The number of H-pyrrole nitrogens is 1. The molecule has 1 aromatic heterocycles. The SMILES string of the molecule is Cc1nc(C(C)(C)NC(=O)OCC2CCCCC2)n[nH]1. The molecule has 2 N–H and O–H groups in total. The van der Waals surface area contributed by atoms with Crippen molar-refractivity contribution >= 4 is 6.09 Å². The van der Waals surface area contributed by atoms with E-state index >= 15 is 0 Å². The maximum atomic E-state index is 11.9. The number of nitrogens with one attached hydrogen (secondary N) is 2. The first-order valence-electron chi connectivity index (χ1n) is 7.32. The number of alkyl carbamates (subject to hydrolysis) is 1. The lowest BCUT2D eigenvalue weighted by Crippen LogP contribution is -2.42. The minimum absolute atomic E-state index is 0.400. The third-order valence-electron chi connectivity index (χ3n) is 3.75. The highest BCUT2D eigenvalue weighted by Crippen LogP contribution is 2.24. The molecule has 1 aromatic rings. The number of carbonyl (C=O) groups excluding carboxylic acids is 1. The van der Waals surface area contributed by atoms with E-state index in [9.17, 15) is 4.79 Å². The van der Waals surface area contributed by atoms with E-state index in [-0.39, 0.29) is 0 Å². The van der Waals surface area contributed by atoms with E-state index in [1.165, 1.54) is 19.3 Å². The van der Waals surface area contributed by atoms with E-state index in [1.54, 1.807) is 0 Å². The molecule has 1 aliphatic carbocycles. The van der Waals surface area contributed by atoms with Crippen LogP contribution in [0.3, 0.4) is 0 Å². The first kappa shape index (κ1) is 14.8. The Labute approximate surface area is 119 Å². The number of hydrogen-bond acceptors (Lipinski definition) is 4. The maximum absolute atomic E-state index is 11.9. The zero-order valence-electron chi connectivity index (χ0n) is 12.5. The largest absolute Gasteiger partial charge is 0.449 e. The number of hydrogen-bond donors (Lipinski definition) is 2. The molecule has 1 heterocycles. The van der Waals surface area contributed by atoms with Crippen LogP contribution in [0.4, 0.5) is 4.79 Å². The second-order valence-electron chi connectivity index (χ2n) is 6.10. The average Bonchev–Trinajstić information content (AvgIpc) is 2.85. The summed E-state index contributed by atoms with van der Waals surface area (Å²) in [6.45, 7) is 6.05. The number of nitrogens with zero attached hydrogens (tertiary/aromatic N) is 2. The zero-order chi connectivity index (χ0) is 14.6. The van der Waals surface area contributed by atoms with Crippen molar-refractivity contribution in [1.82, 2.24) is 20.5 Å². The lowest BCUT2D eigenvalue weighted by molar-refractivity contribution is 0.107. The molecule has 0 radical (unpaired) electrons. The van der Waals surface area contributed by atoms with E-state index in [4.69, 9.17) is 4.74 Å². The smallest absolute Gasteiger partial charge is 0.407 e. The van der Waals surface area contributed by atoms with Crippen LogP contribution in [0, 0.1) is 12.8 Å². The van der Waals surface area contributed by atoms with Crippen molar-refractivity contribution in [2.75, 3.05) is 6.61 Å². The number of ether oxygens (including phenoxy) is 1. The van der Waals surface area contributed by atoms with E-state index in [2.05, 4.69) is 20.5 Å². The fourth-order valence-electron chi connectivity index (χ4n) is 2.52. The van der Waals surface area contributed by atoms with Crippen LogP contribution >= 0.6 is 0 Å². The maximum Gasteiger partial charge on any atom is 0.407 e. The minimum atomic E-state index is -0.644. The molecule has 0 unspecified atom stereocenters. The first-order valence-corrected chi connectivity index (χ1v) is 7.32. The molecule has 1 amide bonds. The van der Waals surface area contributed by atoms with Crippen molar-refractivity contribution in [3.63, 3.8) is 0 Å². The molecule has 20 heavy (non-hydrogen) atoms. The van der Waals surface area contributed by atoms with Crippen LogP contribution in [0.15, 0.2) is 0 Å². The van der Waals surface area contributed by atoms with Crippen LogP contribution in [0.5, 0.6) is 0 Å². The monoisotopic (exact) mass is 280 g/mol. The molecular weight excluding hydrogens is 256 g/mol. The van der Waals surface area contributed by atoms with Crippen molar-refractivity contribution in [1.29, 1.82) is 0 Å². The van der Waals surface area contributed by atoms with Crippen molar-refractivity contribution in [3.05, 3.63) is 11.6 Å². The van der Waals surface area contributed by atoms with E-state index in [1.807, 2.05) is 20.8 Å². The second-order valence-corrected chi connectivity index (χ2v) is 6.10. The summed E-state index contributed by atoms with van der Waals surface area (Å²) in [5.74, 6) is 1.80. The summed E-state index contributed by atoms with van der Waals surface area (Å²) in [5, 5.41) is 9.68. The topological polar surface area (TPSA) is 79.9 Å². The first-order chi connectivity index (χ1) is 9.47. The van der Waals surface area contributed by atoms with Crippen LogP contribution in [0.1, 0.15) is 57.6 Å². The van der Waals surface area contributed by atoms with Gasteiger partial charge in [-0.3, -0.25) is 5.10 Å². The Morgan fingerprint density at radius 3 is 2.70 bits per heavy atom. The molecule has 1 aliphatic rings. The van der Waals surface area contributed by atoms with Gasteiger partial charge in [-0.1, -0.05) is 19.3 Å². The lowest BCUT2D eigenvalue weighted by atomic mass is 9.90. The Kier molecular flexibility index (Phi) is 4.62. The number of aryl methyl sites for hydroxylation is 1. The molecule has 2 rings (SSSR count). The number of rotatable bonds is 4. The van der Waals surface area contributed by atoms with Gasteiger partial charge in [-0.2, -0.15) is 5.10 Å². The van der Waals surface area contributed by atoms with Crippen LogP contribution in [0.25, 0.3) is 0 Å². The standard InChI is InChI=1S/C14H24N4O2/c1-10-15-12(18-17-10)14(2,3)16-13(19)20-9-11-7-5-4-6-8-11/h11H,4-9H2,1-3H3,(H,16,19)(H,15,17,18). The van der Waals surface area contributed by atoms with E-state index < -0.39 is 11.6 Å². The third-order valence-corrected chi connectivity index (χ3v) is 3.75. The molecule has 0 atom stereocenters. The summed E-state index contributed by atoms with van der Waals surface area (Å²) in [6.07, 6.45) is 5.73. The molecular formula is C14H24N4O2. The molecule has 6 heteroatoms. The van der Waals surface area contributed by atoms with Crippen molar-refractivity contribution < 1.29 is 9.53 Å². The van der Waals surface area contributed by atoms with Gasteiger partial charge in [0.25, 0.3) is 0 Å². The van der Waals surface area contributed by atoms with Gasteiger partial charge in [0, 0.05) is 0 Å². The Morgan fingerprint density at radius 1 is 1.40 bits per heavy atom. The summed E-state index contributed by atoms with van der Waals surface area (Å²) >= 11 is 0. The van der Waals surface area contributed by atoms with Crippen molar-refractivity contribution in [3.8, 4) is 0 Å². The summed E-state index contributed by atoms with van der Waals surface area (Å²) < 4.78 is 5.33. The van der Waals surface area contributed by atoms with Gasteiger partial charge in [0.2, 0.25) is 0 Å². The van der Waals surface area contributed by atoms with Crippen LogP contribution in [0.2, 0.25) is 0 Å². The number of aromatic nitrogens is 3. The molecule has 1 saturated carbocycles. The number of amides is 1. The number of aromatic amines is 1. The third kappa shape index (κ3) is 3.95. The highest BCUT2D eigenvalue weighted by molar-refractivity contribution is 5.68. The molecule has 0 aromatic carbocycles. The van der Waals surface area contributed by atoms with Crippen LogP contribution in [-0.4, -0.2) is 27.9 Å². The van der Waals surface area contributed by atoms with Gasteiger partial charge in [-0.25, -0.2) is 9.78 Å². The normalized spacial score (nSPS) is 16.9. The van der Waals surface area contributed by atoms with Crippen LogP contribution in [-0.2, 0) is 10.3 Å². The molecule has 0 saturated heterocycles. The van der Waals surface area contributed by atoms with Gasteiger partial charge in [0.1, 0.15) is 5.82 Å². The predicted molar refractivity (Wildman–Crippen MR) is 75.2 cm³/mol. The van der Waals surface area contributed by atoms with Gasteiger partial charge < -0.3 is 10.1 Å². The Balaban J connectivity index is 1.81. The summed E-state index contributed by atoms with van der Waals surface area (Å²) in [4.78, 5) is 16.1. The van der Waals surface area contributed by atoms with Crippen LogP contribution < -0.4 is 5.32 Å². The van der Waals surface area contributed by atoms with Crippen molar-refractivity contribution in [2.45, 2.75) is 58.4 Å². The predicted octanol–water partition coefficient (Wildman–Crippen LogP) is 2.65. The van der Waals surface area contributed by atoms with Gasteiger partial charge in [0.05, 0.1) is 12.1 Å². The second kappa shape index (κ2) is 6.24. The fourth-order valence-corrected chi connectivity index (χ4v) is 2.52. The molecule has 1 fully saturated rings. The Morgan fingerprint density at radius 2 is 2.10 bits per heavy atom. The lowest BCUT2D eigenvalue weighted by Gasteiger charge is -2.24. The zero-order valence-corrected chi connectivity index (χ0v) is 12.5. The molecule has 6 nitrogen and oxygen atoms in total. The molecule has 112 valence electrons. The van der Waals surface area contributed by atoms with Gasteiger partial charge in [-0.15, -0.1) is 0 Å². The Bertz CT molecular complexity index is 450. The molecule has 0 aliphatic heterocycles. The highest BCUT2D eigenvalue weighted by Gasteiger charge is 2.28. The van der Waals surface area contributed by atoms with Gasteiger partial charge in [-0.05, 0) is 39.5 Å². The minimum Gasteiger partial charge on any atom is -0.449 e. The molecule has 0 bridgehead atoms. The summed E-state index contributed by atoms with van der Waals surface area (Å²) in [5.41, 5.74) is -0.644. The van der Waals surface area contributed by atoms with Gasteiger partial charge >= 0.3 is 6.09 Å². The van der Waals surface area contributed by atoms with Gasteiger partial charge in [0.15, 0.2) is 5.82 Å².